The smallest absolute Gasteiger partial charge is 0.339 e. The van der Waals surface area contributed by atoms with Crippen molar-refractivity contribution in [3.63, 3.8) is 0 Å². The van der Waals surface area contributed by atoms with Gasteiger partial charge in [0.2, 0.25) is 0 Å². The zero-order chi connectivity index (χ0) is 36.5. The van der Waals surface area contributed by atoms with E-state index in [1.54, 1.807) is 54.6 Å². The lowest BCUT2D eigenvalue weighted by Gasteiger charge is -2.11. The number of rotatable bonds is 11. The number of hydrogen-bond acceptors (Lipinski definition) is 7. The molecule has 0 aliphatic heterocycles. The van der Waals surface area contributed by atoms with Crippen molar-refractivity contribution in [3.05, 3.63) is 157 Å². The summed E-state index contributed by atoms with van der Waals surface area (Å²) >= 11 is 1.17. The fourth-order valence-corrected chi connectivity index (χ4v) is 6.54. The Kier molecular flexibility index (Phi) is 11.1. The van der Waals surface area contributed by atoms with Crippen molar-refractivity contribution in [2.45, 2.75) is 23.6 Å². The second kappa shape index (κ2) is 16.2. The highest BCUT2D eigenvalue weighted by Crippen LogP contribution is 2.29. The number of hydrogen-bond donors (Lipinski definition) is 4. The second-order valence-corrected chi connectivity index (χ2v) is 14.1. The van der Waals surface area contributed by atoms with Gasteiger partial charge in [0.25, 0.3) is 0 Å². The molecule has 0 bridgehead atoms. The average molecular weight is 731 g/mol. The molecule has 0 saturated carbocycles. The summed E-state index contributed by atoms with van der Waals surface area (Å²) in [4.78, 5) is 25.7. The topological polar surface area (TPSA) is 135 Å². The van der Waals surface area contributed by atoms with Gasteiger partial charge in [-0.1, -0.05) is 60.7 Å². The summed E-state index contributed by atoms with van der Waals surface area (Å²) in [5.74, 6) is 0.618. The molecule has 52 heavy (non-hydrogen) atoms. The van der Waals surface area contributed by atoms with E-state index in [1.807, 2.05) is 80.6 Å². The molecule has 12 heteroatoms. The molecule has 10 nitrogen and oxygen atoms in total. The van der Waals surface area contributed by atoms with Crippen LogP contribution >= 0.6 is 12.0 Å². The van der Waals surface area contributed by atoms with Gasteiger partial charge in [-0.2, -0.15) is 8.42 Å². The molecule has 0 fully saturated rings. The number of amides is 4. The Hall–Kier alpha value is -6.24. The largest absolute Gasteiger partial charge is 0.421 e. The molecule has 0 saturated heterocycles. The van der Waals surface area contributed by atoms with E-state index in [4.69, 9.17) is 8.37 Å². The molecule has 0 unspecified atom stereocenters. The van der Waals surface area contributed by atoms with Crippen LogP contribution in [0.2, 0.25) is 0 Å². The van der Waals surface area contributed by atoms with Crippen LogP contribution < -0.4 is 29.6 Å². The van der Waals surface area contributed by atoms with E-state index in [9.17, 15) is 18.0 Å². The lowest BCUT2D eigenvalue weighted by molar-refractivity contribution is 0.261. The number of anilines is 4. The number of urea groups is 2. The predicted octanol–water partition coefficient (Wildman–Crippen LogP) is 10.1. The Morgan fingerprint density at radius 3 is 1.44 bits per heavy atom. The van der Waals surface area contributed by atoms with Crippen LogP contribution in [-0.2, 0) is 10.1 Å². The van der Waals surface area contributed by atoms with Gasteiger partial charge >= 0.3 is 22.2 Å². The van der Waals surface area contributed by atoms with Crippen LogP contribution in [0.5, 0.6) is 11.5 Å². The molecule has 262 valence electrons. The van der Waals surface area contributed by atoms with Gasteiger partial charge in [-0.3, -0.25) is 0 Å². The van der Waals surface area contributed by atoms with Gasteiger partial charge < -0.3 is 29.6 Å². The molecule has 0 atom stereocenters. The van der Waals surface area contributed by atoms with Gasteiger partial charge in [0, 0.05) is 39.8 Å². The molecule has 6 aromatic rings. The van der Waals surface area contributed by atoms with Crippen LogP contribution in [0.1, 0.15) is 11.1 Å². The zero-order valence-corrected chi connectivity index (χ0v) is 29.8. The molecule has 0 radical (unpaired) electrons. The van der Waals surface area contributed by atoms with Crippen LogP contribution in [0.4, 0.5) is 32.3 Å². The Bertz CT molecular complexity index is 2310. The number of aryl methyl sites for hydroxylation is 2. The maximum absolute atomic E-state index is 13.1. The highest BCUT2D eigenvalue weighted by Gasteiger charge is 2.17. The molecule has 0 aliphatic rings. The van der Waals surface area contributed by atoms with Crippen LogP contribution in [0.25, 0.3) is 11.1 Å². The van der Waals surface area contributed by atoms with Crippen molar-refractivity contribution in [2.24, 2.45) is 0 Å². The third-order valence-electron chi connectivity index (χ3n) is 7.51. The SMILES string of the molecule is Cc1cccc(NC(=O)Nc2cccc(OSc3ccc(-c4ccc(S(=O)(=O)Oc5cccc(NC(=O)Nc6cccc(C)c6)c5)cc4)cc3)c2)c1. The van der Waals surface area contributed by atoms with Crippen molar-refractivity contribution in [1.29, 1.82) is 0 Å². The molecular weight excluding hydrogens is 697 g/mol. The minimum absolute atomic E-state index is 0.0169. The summed E-state index contributed by atoms with van der Waals surface area (Å²) < 4.78 is 37.4. The predicted molar refractivity (Wildman–Crippen MR) is 207 cm³/mol. The van der Waals surface area contributed by atoms with Crippen molar-refractivity contribution < 1.29 is 26.4 Å². The summed E-state index contributed by atoms with van der Waals surface area (Å²) in [6.07, 6.45) is 0. The molecule has 4 N–H and O–H groups in total. The molecule has 0 spiro atoms. The van der Waals surface area contributed by atoms with Crippen LogP contribution in [-0.4, -0.2) is 20.5 Å². The number of nitrogens with one attached hydrogen (secondary N) is 4. The summed E-state index contributed by atoms with van der Waals surface area (Å²) in [6.45, 7) is 3.88. The standard InChI is InChI=1S/C40H34N4O6S2/c1-27-7-3-9-31(23-27)41-39(45)43-33-11-5-13-35(25-33)49-51-37-19-15-29(16-20-37)30-17-21-38(22-18-30)52(47,48)50-36-14-6-12-34(26-36)44-40(46)42-32-10-4-8-28(2)24-32/h3-26H,1-2H3,(H2,41,43,45)(H2,42,44,46). The first-order chi connectivity index (χ1) is 25.1. The minimum atomic E-state index is -4.15. The van der Waals surface area contributed by atoms with Crippen LogP contribution in [0.15, 0.2) is 155 Å². The van der Waals surface area contributed by atoms with Gasteiger partial charge in [-0.05, 0) is 109 Å². The van der Waals surface area contributed by atoms with Crippen LogP contribution in [0.3, 0.4) is 0 Å². The molecule has 0 aromatic heterocycles. The van der Waals surface area contributed by atoms with E-state index in [-0.39, 0.29) is 16.7 Å². The Balaban J connectivity index is 1.01. The van der Waals surface area contributed by atoms with Gasteiger partial charge in [0.15, 0.2) is 0 Å². The third-order valence-corrected chi connectivity index (χ3v) is 9.51. The number of benzene rings is 6. The number of carbonyl (C=O) groups excluding carboxylic acids is 2. The first-order valence-corrected chi connectivity index (χ1v) is 18.2. The highest BCUT2D eigenvalue weighted by molar-refractivity contribution is 7.95. The van der Waals surface area contributed by atoms with Gasteiger partial charge in [-0.25, -0.2) is 9.59 Å². The monoisotopic (exact) mass is 730 g/mol. The van der Waals surface area contributed by atoms with Gasteiger partial charge in [-0.15, -0.1) is 0 Å². The van der Waals surface area contributed by atoms with Crippen molar-refractivity contribution in [2.75, 3.05) is 21.3 Å². The molecular formula is C40H34N4O6S2. The summed E-state index contributed by atoms with van der Waals surface area (Å²) in [7, 11) is -4.15. The van der Waals surface area contributed by atoms with E-state index in [2.05, 4.69) is 21.3 Å². The number of carbonyl (C=O) groups is 2. The van der Waals surface area contributed by atoms with E-state index < -0.39 is 16.1 Å². The second-order valence-electron chi connectivity index (χ2n) is 11.7. The van der Waals surface area contributed by atoms with Crippen molar-refractivity contribution in [3.8, 4) is 22.6 Å². The zero-order valence-electron chi connectivity index (χ0n) is 28.1. The molecule has 0 heterocycles. The summed E-state index contributed by atoms with van der Waals surface area (Å²) in [5.41, 5.74) is 6.02. The molecule has 6 aromatic carbocycles. The third kappa shape index (κ3) is 9.93. The minimum Gasteiger partial charge on any atom is -0.421 e. The van der Waals surface area contributed by atoms with E-state index in [1.165, 1.54) is 36.3 Å². The quantitative estimate of drug-likeness (QED) is 0.0770. The Morgan fingerprint density at radius 1 is 0.519 bits per heavy atom. The normalized spacial score (nSPS) is 10.9. The highest BCUT2D eigenvalue weighted by atomic mass is 32.2. The summed E-state index contributed by atoms with van der Waals surface area (Å²) in [6, 6.07) is 41.3. The lowest BCUT2D eigenvalue weighted by atomic mass is 10.1. The lowest BCUT2D eigenvalue weighted by Crippen LogP contribution is -2.19. The van der Waals surface area contributed by atoms with E-state index in [0.717, 1.165) is 27.1 Å². The fourth-order valence-electron chi connectivity index (χ4n) is 5.07. The van der Waals surface area contributed by atoms with E-state index >= 15 is 0 Å². The average Bonchev–Trinajstić information content (AvgIpc) is 3.11. The molecule has 4 amide bonds. The first kappa shape index (κ1) is 35.6. The Morgan fingerprint density at radius 2 is 0.942 bits per heavy atom. The maximum Gasteiger partial charge on any atom is 0.339 e. The van der Waals surface area contributed by atoms with Crippen LogP contribution in [0, 0.1) is 13.8 Å². The Labute approximate surface area is 306 Å². The maximum atomic E-state index is 13.1. The van der Waals surface area contributed by atoms with E-state index in [0.29, 0.717) is 28.5 Å². The fraction of sp³-hybridized carbons (Fsp3) is 0.0500. The molecule has 6 rings (SSSR count). The summed E-state index contributed by atoms with van der Waals surface area (Å²) in [5, 5.41) is 11.1. The first-order valence-electron chi connectivity index (χ1n) is 16.1. The van der Waals surface area contributed by atoms with Gasteiger partial charge in [0.05, 0.1) is 12.0 Å². The van der Waals surface area contributed by atoms with Crippen molar-refractivity contribution in [1.82, 2.24) is 0 Å². The van der Waals surface area contributed by atoms with Gasteiger partial charge in [0.1, 0.15) is 16.4 Å². The molecule has 0 aliphatic carbocycles. The van der Waals surface area contributed by atoms with Crippen molar-refractivity contribution >= 4 is 57.0 Å².